The molecule has 0 radical (unpaired) electrons. The molecule has 3 heterocycles. The van der Waals surface area contributed by atoms with Gasteiger partial charge in [-0.05, 0) is 66.8 Å². The number of hydrogen-bond acceptors (Lipinski definition) is 6. The lowest BCUT2D eigenvalue weighted by Crippen LogP contribution is -2.42. The highest BCUT2D eigenvalue weighted by atomic mass is 16.5. The van der Waals surface area contributed by atoms with Crippen molar-refractivity contribution in [2.24, 2.45) is 0 Å². The van der Waals surface area contributed by atoms with Gasteiger partial charge < -0.3 is 23.8 Å². The van der Waals surface area contributed by atoms with Crippen LogP contribution in [0.4, 0.5) is 0 Å². The van der Waals surface area contributed by atoms with Crippen molar-refractivity contribution in [1.82, 2.24) is 9.80 Å². The van der Waals surface area contributed by atoms with Crippen LogP contribution in [0, 0.1) is 0 Å². The summed E-state index contributed by atoms with van der Waals surface area (Å²) < 4.78 is 22.6. The molecule has 1 atom stereocenters. The number of rotatable bonds is 5. The third kappa shape index (κ3) is 4.47. The van der Waals surface area contributed by atoms with Gasteiger partial charge in [0.2, 0.25) is 5.91 Å². The predicted octanol–water partition coefficient (Wildman–Crippen LogP) is 3.59. The summed E-state index contributed by atoms with van der Waals surface area (Å²) in [5.41, 5.74) is 3.56. The van der Waals surface area contributed by atoms with Crippen molar-refractivity contribution in [2.45, 2.75) is 38.3 Å². The van der Waals surface area contributed by atoms with E-state index in [-0.39, 0.29) is 11.9 Å². The van der Waals surface area contributed by atoms with Crippen LogP contribution in [-0.2, 0) is 17.8 Å². The van der Waals surface area contributed by atoms with Gasteiger partial charge >= 0.3 is 0 Å². The van der Waals surface area contributed by atoms with Crippen LogP contribution < -0.4 is 18.9 Å². The summed E-state index contributed by atoms with van der Waals surface area (Å²) in [6.45, 7) is 4.06. The van der Waals surface area contributed by atoms with E-state index in [1.165, 1.54) is 11.1 Å². The summed E-state index contributed by atoms with van der Waals surface area (Å²) in [5.74, 6) is 3.26. The highest BCUT2D eigenvalue weighted by molar-refractivity contribution is 5.79. The fourth-order valence-electron chi connectivity index (χ4n) is 5.15. The number of benzene rings is 2. The molecule has 1 saturated heterocycles. The number of ether oxygens (including phenoxy) is 4. The van der Waals surface area contributed by atoms with E-state index in [0.29, 0.717) is 32.1 Å². The summed E-state index contributed by atoms with van der Waals surface area (Å²) in [4.78, 5) is 17.6. The number of carbonyl (C=O) groups excluding carboxylic acids is 1. The first-order valence-electron chi connectivity index (χ1n) is 11.8. The fraction of sp³-hybridized carbons (Fsp3) is 0.500. The van der Waals surface area contributed by atoms with Crippen LogP contribution in [0.1, 0.15) is 42.0 Å². The van der Waals surface area contributed by atoms with Gasteiger partial charge in [-0.3, -0.25) is 9.69 Å². The fourth-order valence-corrected chi connectivity index (χ4v) is 5.15. The normalized spacial score (nSPS) is 20.2. The highest BCUT2D eigenvalue weighted by Gasteiger charge is 2.31. The summed E-state index contributed by atoms with van der Waals surface area (Å²) in [7, 11) is 3.29. The summed E-state index contributed by atoms with van der Waals surface area (Å²) in [5, 5.41) is 0. The van der Waals surface area contributed by atoms with Crippen molar-refractivity contribution >= 4 is 5.91 Å². The molecule has 1 amide bonds. The number of likely N-dealkylation sites (tertiary alicyclic amines) is 1. The Kier molecular flexibility index (Phi) is 6.31. The highest BCUT2D eigenvalue weighted by Crippen LogP contribution is 2.38. The maximum absolute atomic E-state index is 13.3. The molecule has 2 aromatic carbocycles. The van der Waals surface area contributed by atoms with Gasteiger partial charge in [-0.2, -0.15) is 0 Å². The Hall–Kier alpha value is -2.93. The Morgan fingerprint density at radius 3 is 2.52 bits per heavy atom. The predicted molar refractivity (Wildman–Crippen MR) is 124 cm³/mol. The molecule has 5 rings (SSSR count). The van der Waals surface area contributed by atoms with E-state index in [0.717, 1.165) is 61.6 Å². The van der Waals surface area contributed by atoms with Gasteiger partial charge in [-0.25, -0.2) is 0 Å². The molecule has 0 spiro atoms. The van der Waals surface area contributed by atoms with Crippen molar-refractivity contribution in [3.63, 3.8) is 0 Å². The molecular weight excluding hydrogens is 420 g/mol. The zero-order chi connectivity index (χ0) is 22.8. The topological polar surface area (TPSA) is 60.5 Å². The van der Waals surface area contributed by atoms with Gasteiger partial charge in [0.15, 0.2) is 23.0 Å². The Morgan fingerprint density at radius 2 is 1.73 bits per heavy atom. The Balaban J connectivity index is 1.27. The average molecular weight is 453 g/mol. The van der Waals surface area contributed by atoms with E-state index in [1.807, 2.05) is 23.1 Å². The number of hydrogen-bond donors (Lipinski definition) is 0. The van der Waals surface area contributed by atoms with E-state index >= 15 is 0 Å². The van der Waals surface area contributed by atoms with Crippen molar-refractivity contribution in [3.8, 4) is 23.0 Å². The molecule has 176 valence electrons. The molecule has 3 aliphatic heterocycles. The van der Waals surface area contributed by atoms with Crippen LogP contribution in [0.5, 0.6) is 23.0 Å². The zero-order valence-corrected chi connectivity index (χ0v) is 19.5. The van der Waals surface area contributed by atoms with E-state index in [4.69, 9.17) is 18.9 Å². The molecule has 2 aromatic rings. The summed E-state index contributed by atoms with van der Waals surface area (Å²) in [6, 6.07) is 10.5. The number of carbonyl (C=O) groups is 1. The largest absolute Gasteiger partial charge is 0.493 e. The second-order valence-corrected chi connectivity index (χ2v) is 8.93. The van der Waals surface area contributed by atoms with Gasteiger partial charge in [0.25, 0.3) is 0 Å². The lowest BCUT2D eigenvalue weighted by molar-refractivity contribution is -0.133. The Labute approximate surface area is 195 Å². The molecule has 0 unspecified atom stereocenters. The molecule has 0 saturated carbocycles. The number of nitrogens with zero attached hydrogens (tertiary/aromatic N) is 2. The molecule has 0 aliphatic carbocycles. The van der Waals surface area contributed by atoms with Crippen molar-refractivity contribution in [1.29, 1.82) is 0 Å². The standard InChI is InChI=1S/C26H32N2O5/c1-30-23-13-18-8-10-28(16-20(18)15-24(23)31-2)26(29)17-27-9-3-5-21(27)19-6-7-22-25(14-19)33-12-4-11-32-22/h6-7,13-15,21H,3-5,8-12,16-17H2,1-2H3/t21-/m0/s1. The van der Waals surface area contributed by atoms with Crippen molar-refractivity contribution < 1.29 is 23.7 Å². The van der Waals surface area contributed by atoms with Crippen LogP contribution in [-0.4, -0.2) is 62.8 Å². The second-order valence-electron chi connectivity index (χ2n) is 8.93. The number of fused-ring (bicyclic) bond motifs is 2. The maximum atomic E-state index is 13.3. The van der Waals surface area contributed by atoms with Crippen LogP contribution in [0.25, 0.3) is 0 Å². The minimum Gasteiger partial charge on any atom is -0.493 e. The van der Waals surface area contributed by atoms with Crippen LogP contribution in [0.3, 0.4) is 0 Å². The third-order valence-electron chi connectivity index (χ3n) is 6.93. The van der Waals surface area contributed by atoms with E-state index in [9.17, 15) is 4.79 Å². The Morgan fingerprint density at radius 1 is 0.970 bits per heavy atom. The molecule has 33 heavy (non-hydrogen) atoms. The first-order valence-corrected chi connectivity index (χ1v) is 11.8. The molecule has 0 bridgehead atoms. The number of amides is 1. The lowest BCUT2D eigenvalue weighted by atomic mass is 9.98. The molecule has 7 heteroatoms. The van der Waals surface area contributed by atoms with Crippen LogP contribution >= 0.6 is 0 Å². The second kappa shape index (κ2) is 9.51. The molecule has 7 nitrogen and oxygen atoms in total. The lowest BCUT2D eigenvalue weighted by Gasteiger charge is -2.32. The first-order chi connectivity index (χ1) is 16.2. The minimum absolute atomic E-state index is 0.177. The van der Waals surface area contributed by atoms with Gasteiger partial charge in [0.05, 0.1) is 34.0 Å². The SMILES string of the molecule is COc1cc2c(cc1OC)CN(C(=O)CN1CCC[C@H]1c1ccc3c(c1)OCCCO3)CC2. The summed E-state index contributed by atoms with van der Waals surface area (Å²) >= 11 is 0. The Bertz CT molecular complexity index is 1020. The molecule has 0 N–H and O–H groups in total. The van der Waals surface area contributed by atoms with Gasteiger partial charge in [0, 0.05) is 25.6 Å². The minimum atomic E-state index is 0.177. The van der Waals surface area contributed by atoms with E-state index < -0.39 is 0 Å². The van der Waals surface area contributed by atoms with E-state index in [2.05, 4.69) is 17.0 Å². The quantitative estimate of drug-likeness (QED) is 0.691. The van der Waals surface area contributed by atoms with E-state index in [1.54, 1.807) is 14.2 Å². The monoisotopic (exact) mass is 452 g/mol. The van der Waals surface area contributed by atoms with Crippen LogP contribution in [0.2, 0.25) is 0 Å². The summed E-state index contributed by atoms with van der Waals surface area (Å²) in [6.07, 6.45) is 3.86. The van der Waals surface area contributed by atoms with Crippen molar-refractivity contribution in [2.75, 3.05) is 47.1 Å². The third-order valence-corrected chi connectivity index (χ3v) is 6.93. The maximum Gasteiger partial charge on any atom is 0.237 e. The van der Waals surface area contributed by atoms with Crippen LogP contribution in [0.15, 0.2) is 30.3 Å². The number of methoxy groups -OCH3 is 2. The molecular formula is C26H32N2O5. The molecule has 3 aliphatic rings. The smallest absolute Gasteiger partial charge is 0.237 e. The van der Waals surface area contributed by atoms with Crippen molar-refractivity contribution in [3.05, 3.63) is 47.0 Å². The molecule has 0 aromatic heterocycles. The average Bonchev–Trinajstić information content (AvgIpc) is 3.17. The first kappa shape index (κ1) is 21.9. The molecule has 1 fully saturated rings. The zero-order valence-electron chi connectivity index (χ0n) is 19.5. The van der Waals surface area contributed by atoms with Gasteiger partial charge in [-0.15, -0.1) is 0 Å². The van der Waals surface area contributed by atoms with Gasteiger partial charge in [0.1, 0.15) is 0 Å². The van der Waals surface area contributed by atoms with Gasteiger partial charge in [-0.1, -0.05) is 6.07 Å².